The highest BCUT2D eigenvalue weighted by atomic mass is 35.5. The number of aliphatic hydroxyl groups is 1. The van der Waals surface area contributed by atoms with Crippen molar-refractivity contribution in [2.75, 3.05) is 37.7 Å². The van der Waals surface area contributed by atoms with Gasteiger partial charge in [0, 0.05) is 25.7 Å². The van der Waals surface area contributed by atoms with E-state index in [4.69, 9.17) is 16.3 Å². The molecule has 4 rings (SSSR count). The van der Waals surface area contributed by atoms with Crippen molar-refractivity contribution in [3.63, 3.8) is 0 Å². The number of rotatable bonds is 8. The van der Waals surface area contributed by atoms with Crippen LogP contribution in [-0.2, 0) is 0 Å². The van der Waals surface area contributed by atoms with Gasteiger partial charge >= 0.3 is 0 Å². The molecule has 1 N–H and O–H groups in total. The van der Waals surface area contributed by atoms with Crippen molar-refractivity contribution in [1.29, 1.82) is 0 Å². The fourth-order valence-electron chi connectivity index (χ4n) is 4.49. The van der Waals surface area contributed by atoms with Gasteiger partial charge in [-0.1, -0.05) is 42.8 Å². The van der Waals surface area contributed by atoms with Gasteiger partial charge in [-0.15, -0.1) is 0 Å². The van der Waals surface area contributed by atoms with Crippen molar-refractivity contribution in [1.82, 2.24) is 4.90 Å². The first-order valence-electron chi connectivity index (χ1n) is 11.5. The number of anilines is 1. The standard InChI is InChI=1S/C27H29ClF2N2O2/c1-2-15-34-23-11-12-25(24(28)16-23)32-14-13-31(17-26(32)19-3-7-21(29)8-4-19)27(18-33)20-5-9-22(30)10-6-20/h3-12,16,26-27,33H,2,13-15,17-18H2,1H3/t26-,27+/m0/s1. The third kappa shape index (κ3) is 5.52. The molecule has 1 fully saturated rings. The second-order valence-electron chi connectivity index (χ2n) is 8.47. The lowest BCUT2D eigenvalue weighted by Crippen LogP contribution is -2.50. The molecule has 2 atom stereocenters. The van der Waals surface area contributed by atoms with Gasteiger partial charge < -0.3 is 14.7 Å². The van der Waals surface area contributed by atoms with Crippen LogP contribution in [0.15, 0.2) is 66.7 Å². The van der Waals surface area contributed by atoms with E-state index in [0.717, 1.165) is 29.0 Å². The van der Waals surface area contributed by atoms with Crippen LogP contribution in [0.1, 0.15) is 36.6 Å². The Hall–Kier alpha value is -2.67. The van der Waals surface area contributed by atoms with Crippen molar-refractivity contribution >= 4 is 17.3 Å². The number of hydrogen-bond acceptors (Lipinski definition) is 4. The Labute approximate surface area is 204 Å². The summed E-state index contributed by atoms with van der Waals surface area (Å²) in [4.78, 5) is 4.40. The van der Waals surface area contributed by atoms with Gasteiger partial charge in [0.2, 0.25) is 0 Å². The van der Waals surface area contributed by atoms with Crippen LogP contribution in [0.5, 0.6) is 5.75 Å². The van der Waals surface area contributed by atoms with E-state index in [-0.39, 0.29) is 30.3 Å². The molecule has 1 aliphatic rings. The molecule has 0 amide bonds. The summed E-state index contributed by atoms with van der Waals surface area (Å²) >= 11 is 6.69. The maximum absolute atomic E-state index is 13.7. The van der Waals surface area contributed by atoms with E-state index in [1.165, 1.54) is 24.3 Å². The summed E-state index contributed by atoms with van der Waals surface area (Å²) in [6, 6.07) is 18.0. The molecule has 0 spiro atoms. The summed E-state index contributed by atoms with van der Waals surface area (Å²) in [5.41, 5.74) is 2.68. The van der Waals surface area contributed by atoms with Crippen LogP contribution in [0.2, 0.25) is 5.02 Å². The maximum atomic E-state index is 13.7. The molecule has 1 aliphatic heterocycles. The van der Waals surface area contributed by atoms with Gasteiger partial charge in [0.25, 0.3) is 0 Å². The summed E-state index contributed by atoms with van der Waals surface area (Å²) in [7, 11) is 0. The molecule has 0 radical (unpaired) electrons. The van der Waals surface area contributed by atoms with E-state index < -0.39 is 0 Å². The van der Waals surface area contributed by atoms with Crippen LogP contribution in [0.3, 0.4) is 0 Å². The third-order valence-corrected chi connectivity index (χ3v) is 6.54. The van der Waals surface area contributed by atoms with Crippen molar-refractivity contribution in [2.24, 2.45) is 0 Å². The predicted molar refractivity (Wildman–Crippen MR) is 132 cm³/mol. The number of benzene rings is 3. The van der Waals surface area contributed by atoms with Gasteiger partial charge in [-0.2, -0.15) is 0 Å². The molecular formula is C27H29ClF2N2O2. The van der Waals surface area contributed by atoms with Gasteiger partial charge in [-0.3, -0.25) is 4.90 Å². The third-order valence-electron chi connectivity index (χ3n) is 6.24. The zero-order valence-electron chi connectivity index (χ0n) is 19.1. The summed E-state index contributed by atoms with van der Waals surface area (Å²) in [6.45, 7) is 4.48. The molecule has 1 heterocycles. The lowest BCUT2D eigenvalue weighted by atomic mass is 9.98. The Morgan fingerprint density at radius 2 is 1.68 bits per heavy atom. The van der Waals surface area contributed by atoms with E-state index >= 15 is 0 Å². The van der Waals surface area contributed by atoms with Crippen LogP contribution in [0.4, 0.5) is 14.5 Å². The van der Waals surface area contributed by atoms with Gasteiger partial charge in [0.1, 0.15) is 17.4 Å². The van der Waals surface area contributed by atoms with E-state index in [1.54, 1.807) is 24.3 Å². The molecule has 0 bridgehead atoms. The highest BCUT2D eigenvalue weighted by Gasteiger charge is 2.33. The van der Waals surface area contributed by atoms with Crippen molar-refractivity contribution in [3.05, 3.63) is 94.5 Å². The summed E-state index contributed by atoms with van der Waals surface area (Å²) in [6.07, 6.45) is 0.911. The van der Waals surface area contributed by atoms with Gasteiger partial charge in [-0.25, -0.2) is 8.78 Å². The molecule has 3 aromatic carbocycles. The highest BCUT2D eigenvalue weighted by Crippen LogP contribution is 2.38. The molecule has 0 aromatic heterocycles. The predicted octanol–water partition coefficient (Wildman–Crippen LogP) is 6.00. The molecular weight excluding hydrogens is 458 g/mol. The number of hydrogen-bond donors (Lipinski definition) is 1. The molecule has 7 heteroatoms. The molecule has 0 unspecified atom stereocenters. The molecule has 1 saturated heterocycles. The first-order valence-corrected chi connectivity index (χ1v) is 11.9. The average molecular weight is 487 g/mol. The minimum atomic E-state index is -0.310. The Bertz CT molecular complexity index is 1080. The maximum Gasteiger partial charge on any atom is 0.123 e. The van der Waals surface area contributed by atoms with Crippen LogP contribution in [0, 0.1) is 11.6 Å². The van der Waals surface area contributed by atoms with Crippen molar-refractivity contribution in [3.8, 4) is 5.75 Å². The molecule has 0 aliphatic carbocycles. The van der Waals surface area contributed by atoms with E-state index in [9.17, 15) is 13.9 Å². The topological polar surface area (TPSA) is 35.9 Å². The summed E-state index contributed by atoms with van der Waals surface area (Å²) in [5, 5.41) is 10.8. The number of piperazine rings is 1. The minimum absolute atomic E-state index is 0.0913. The minimum Gasteiger partial charge on any atom is -0.494 e. The summed E-state index contributed by atoms with van der Waals surface area (Å²) < 4.78 is 32.8. The Balaban J connectivity index is 1.64. The zero-order chi connectivity index (χ0) is 24.1. The first-order chi connectivity index (χ1) is 16.5. The monoisotopic (exact) mass is 486 g/mol. The van der Waals surface area contributed by atoms with E-state index in [0.29, 0.717) is 31.3 Å². The quantitative estimate of drug-likeness (QED) is 0.423. The van der Waals surface area contributed by atoms with Crippen LogP contribution in [0.25, 0.3) is 0 Å². The molecule has 180 valence electrons. The zero-order valence-corrected chi connectivity index (χ0v) is 19.9. The second-order valence-corrected chi connectivity index (χ2v) is 8.87. The largest absolute Gasteiger partial charge is 0.494 e. The number of aliphatic hydroxyl groups excluding tert-OH is 1. The number of halogens is 3. The Morgan fingerprint density at radius 1 is 1.00 bits per heavy atom. The molecule has 3 aromatic rings. The first kappa shape index (κ1) is 24.5. The number of nitrogens with zero attached hydrogens (tertiary/aromatic N) is 2. The average Bonchev–Trinajstić information content (AvgIpc) is 2.85. The van der Waals surface area contributed by atoms with Crippen molar-refractivity contribution in [2.45, 2.75) is 25.4 Å². The highest BCUT2D eigenvalue weighted by molar-refractivity contribution is 6.33. The second kappa shape index (κ2) is 11.2. The molecule has 34 heavy (non-hydrogen) atoms. The lowest BCUT2D eigenvalue weighted by Gasteiger charge is -2.46. The number of ether oxygens (including phenoxy) is 1. The van der Waals surface area contributed by atoms with E-state index in [1.807, 2.05) is 25.1 Å². The lowest BCUT2D eigenvalue weighted by molar-refractivity contribution is 0.103. The molecule has 4 nitrogen and oxygen atoms in total. The van der Waals surface area contributed by atoms with E-state index in [2.05, 4.69) is 9.80 Å². The summed E-state index contributed by atoms with van der Waals surface area (Å²) in [5.74, 6) is 0.123. The van der Waals surface area contributed by atoms with Gasteiger partial charge in [0.15, 0.2) is 0 Å². The van der Waals surface area contributed by atoms with Crippen LogP contribution in [-0.4, -0.2) is 42.9 Å². The fraction of sp³-hybridized carbons (Fsp3) is 0.333. The smallest absolute Gasteiger partial charge is 0.123 e. The fourth-order valence-corrected chi connectivity index (χ4v) is 4.77. The van der Waals surface area contributed by atoms with Crippen molar-refractivity contribution < 1.29 is 18.6 Å². The Kier molecular flexibility index (Phi) is 8.03. The van der Waals surface area contributed by atoms with Crippen LogP contribution < -0.4 is 9.64 Å². The van der Waals surface area contributed by atoms with Gasteiger partial charge in [-0.05, 0) is 53.9 Å². The SMILES string of the molecule is CCCOc1ccc(N2CCN([C@H](CO)c3ccc(F)cc3)C[C@H]2c2ccc(F)cc2)c(Cl)c1. The van der Waals surface area contributed by atoms with Gasteiger partial charge in [0.05, 0.1) is 36.0 Å². The molecule has 0 saturated carbocycles. The van der Waals surface area contributed by atoms with Crippen LogP contribution >= 0.6 is 11.6 Å². The normalized spacial score (nSPS) is 17.6. The Morgan fingerprint density at radius 3 is 2.29 bits per heavy atom.